The lowest BCUT2D eigenvalue weighted by Gasteiger charge is -2.33. The number of pyridine rings is 2. The quantitative estimate of drug-likeness (QED) is 0.195. The molecule has 0 aliphatic carbocycles. The predicted octanol–water partition coefficient (Wildman–Crippen LogP) is 11.4. The van der Waals surface area contributed by atoms with E-state index in [1.165, 1.54) is 11.1 Å². The van der Waals surface area contributed by atoms with Gasteiger partial charge in [0.2, 0.25) is 11.6 Å². The van der Waals surface area contributed by atoms with Crippen LogP contribution in [-0.4, -0.2) is 9.97 Å². The Morgan fingerprint density at radius 1 is 0.356 bits per heavy atom. The van der Waals surface area contributed by atoms with Gasteiger partial charge in [-0.1, -0.05) is 133 Å². The molecule has 0 amide bonds. The molecule has 0 atom stereocenters. The van der Waals surface area contributed by atoms with E-state index >= 15 is 0 Å². The topological polar surface area (TPSA) is 25.8 Å². The van der Waals surface area contributed by atoms with Crippen molar-refractivity contribution in [2.75, 3.05) is 0 Å². The predicted molar refractivity (Wildman–Crippen MR) is 187 cm³/mol. The minimum atomic E-state index is 0.279. The van der Waals surface area contributed by atoms with Gasteiger partial charge in [0.15, 0.2) is 11.4 Å². The van der Waals surface area contributed by atoms with Crippen molar-refractivity contribution in [1.29, 1.82) is 0 Å². The summed E-state index contributed by atoms with van der Waals surface area (Å²) in [6, 6.07) is 60.2. The fourth-order valence-electron chi connectivity index (χ4n) is 7.07. The molecule has 3 heteroatoms. The Morgan fingerprint density at radius 3 is 1.20 bits per heavy atom. The third-order valence-corrected chi connectivity index (χ3v) is 9.06. The van der Waals surface area contributed by atoms with Crippen molar-refractivity contribution in [1.82, 2.24) is 14.5 Å². The first kappa shape index (κ1) is 25.6. The summed E-state index contributed by atoms with van der Waals surface area (Å²) in [4.78, 5) is 11.2. The maximum absolute atomic E-state index is 5.61. The number of quaternary nitrogens is 1. The maximum Gasteiger partial charge on any atom is 0.245 e. The van der Waals surface area contributed by atoms with Crippen LogP contribution in [0, 0.1) is 0 Å². The van der Waals surface area contributed by atoms with E-state index in [0.29, 0.717) is 0 Å². The molecule has 8 aromatic rings. The van der Waals surface area contributed by atoms with Crippen LogP contribution >= 0.6 is 0 Å². The second-order valence-electron chi connectivity index (χ2n) is 11.5. The molecule has 210 valence electrons. The van der Waals surface area contributed by atoms with Gasteiger partial charge in [-0.3, -0.25) is 0 Å². The van der Waals surface area contributed by atoms with Crippen molar-refractivity contribution in [2.24, 2.45) is 0 Å². The second-order valence-corrected chi connectivity index (χ2v) is 11.5. The molecular formula is C42H28N3+. The first-order valence-corrected chi connectivity index (χ1v) is 15.3. The largest absolute Gasteiger partial charge is 0.245 e. The zero-order chi connectivity index (χ0) is 29.8. The molecule has 0 saturated carbocycles. The second kappa shape index (κ2) is 10.1. The van der Waals surface area contributed by atoms with Crippen LogP contribution in [0.25, 0.3) is 55.2 Å². The molecule has 9 rings (SSSR count). The molecule has 0 radical (unpaired) electrons. The van der Waals surface area contributed by atoms with Crippen LogP contribution in [0.5, 0.6) is 0 Å². The van der Waals surface area contributed by atoms with Gasteiger partial charge in [-0.15, -0.1) is 0 Å². The monoisotopic (exact) mass is 574 g/mol. The minimum Gasteiger partial charge on any atom is -0.194 e. The number of hydrogen-bond donors (Lipinski definition) is 0. The van der Waals surface area contributed by atoms with E-state index in [9.17, 15) is 0 Å². The van der Waals surface area contributed by atoms with Crippen LogP contribution < -0.4 is 4.48 Å². The summed E-state index contributed by atoms with van der Waals surface area (Å²) in [6.07, 6.45) is 0. The molecule has 0 fully saturated rings. The van der Waals surface area contributed by atoms with Crippen LogP contribution in [-0.2, 0) is 0 Å². The number of aromatic nitrogens is 2. The van der Waals surface area contributed by atoms with Gasteiger partial charge >= 0.3 is 0 Å². The normalized spacial score (nSPS) is 13.1. The molecule has 3 nitrogen and oxygen atoms in total. The lowest BCUT2D eigenvalue weighted by Crippen LogP contribution is -2.33. The highest BCUT2D eigenvalue weighted by Gasteiger charge is 2.50. The van der Waals surface area contributed by atoms with E-state index < -0.39 is 0 Å². The Bertz CT molecular complexity index is 2210. The smallest absolute Gasteiger partial charge is 0.194 e. The van der Waals surface area contributed by atoms with Gasteiger partial charge in [-0.2, -0.15) is 14.5 Å². The molecule has 0 N–H and O–H groups in total. The van der Waals surface area contributed by atoms with Crippen molar-refractivity contribution >= 4 is 44.6 Å². The highest BCUT2D eigenvalue weighted by Crippen LogP contribution is 2.62. The molecule has 0 bridgehead atoms. The Morgan fingerprint density at radius 2 is 0.733 bits per heavy atom. The van der Waals surface area contributed by atoms with Gasteiger partial charge in [-0.25, -0.2) is 0 Å². The summed E-state index contributed by atoms with van der Waals surface area (Å²) in [6.45, 7) is 0. The van der Waals surface area contributed by atoms with Crippen molar-refractivity contribution in [3.63, 3.8) is 0 Å². The molecule has 0 unspecified atom stereocenters. The highest BCUT2D eigenvalue weighted by molar-refractivity contribution is 6.06. The Kier molecular flexibility index (Phi) is 5.74. The van der Waals surface area contributed by atoms with Gasteiger partial charge in [0.05, 0.1) is 22.5 Å². The van der Waals surface area contributed by atoms with E-state index in [1.807, 2.05) is 0 Å². The van der Waals surface area contributed by atoms with Crippen LogP contribution in [0.15, 0.2) is 170 Å². The lowest BCUT2D eigenvalue weighted by molar-refractivity contribution is 0.681. The standard InChI is InChI=1S/C42H28N3/c1-3-15-29(16-4-1)41-33-21-9-7-19-31(33)27-39(43-41)45(37-25-13-11-23-35(37)36-24-12-14-26-38(36)45)40-28-32-20-8-10-22-34(32)42(44-40)30-17-5-2-6-18-30/h1-28H/q+1. The Balaban J connectivity index is 1.47. The van der Waals surface area contributed by atoms with Crippen LogP contribution in [0.3, 0.4) is 0 Å². The summed E-state index contributed by atoms with van der Waals surface area (Å²) < 4.78 is 0.279. The van der Waals surface area contributed by atoms with E-state index in [2.05, 4.69) is 170 Å². The minimum absolute atomic E-state index is 0.279. The number of benzene rings is 6. The fraction of sp³-hybridized carbons (Fsp3) is 0. The SMILES string of the molecule is c1ccc(-c2nc([N+]3(c4cc5ccccc5c(-c5ccccc5)n4)c4ccccc4-c4ccccc43)cc3ccccc23)cc1. The summed E-state index contributed by atoms with van der Waals surface area (Å²) in [5, 5.41) is 4.54. The Hall–Kier alpha value is -5.90. The van der Waals surface area contributed by atoms with Crippen LogP contribution in [0.4, 0.5) is 23.0 Å². The summed E-state index contributed by atoms with van der Waals surface area (Å²) in [5.41, 5.74) is 8.78. The number of rotatable bonds is 4. The highest BCUT2D eigenvalue weighted by atomic mass is 15.4. The average molecular weight is 575 g/mol. The number of para-hydroxylation sites is 2. The molecule has 45 heavy (non-hydrogen) atoms. The lowest BCUT2D eigenvalue weighted by atomic mass is 10.0. The van der Waals surface area contributed by atoms with Crippen LogP contribution in [0.1, 0.15) is 0 Å². The average Bonchev–Trinajstić information content (AvgIpc) is 3.42. The molecule has 2 aromatic heterocycles. The zero-order valence-electron chi connectivity index (χ0n) is 24.5. The first-order chi connectivity index (χ1) is 22.3. The molecule has 3 heterocycles. The zero-order valence-corrected chi connectivity index (χ0v) is 24.5. The van der Waals surface area contributed by atoms with E-state index in [1.54, 1.807) is 0 Å². The third kappa shape index (κ3) is 3.81. The summed E-state index contributed by atoms with van der Waals surface area (Å²) in [7, 11) is 0. The van der Waals surface area contributed by atoms with Gasteiger partial charge < -0.3 is 0 Å². The van der Waals surface area contributed by atoms with Gasteiger partial charge in [-0.05, 0) is 22.9 Å². The summed E-state index contributed by atoms with van der Waals surface area (Å²) in [5.74, 6) is 1.82. The molecule has 1 aliphatic rings. The molecule has 0 saturated heterocycles. The van der Waals surface area contributed by atoms with Crippen molar-refractivity contribution < 1.29 is 0 Å². The molecule has 6 aromatic carbocycles. The van der Waals surface area contributed by atoms with Crippen molar-refractivity contribution in [2.45, 2.75) is 0 Å². The van der Waals surface area contributed by atoms with Crippen molar-refractivity contribution in [3.05, 3.63) is 170 Å². The molecular weight excluding hydrogens is 546 g/mol. The number of fused-ring (bicyclic) bond motifs is 5. The van der Waals surface area contributed by atoms with E-state index in [4.69, 9.17) is 9.97 Å². The Labute approximate surface area is 261 Å². The maximum atomic E-state index is 5.61. The third-order valence-electron chi connectivity index (χ3n) is 9.06. The molecule has 0 spiro atoms. The van der Waals surface area contributed by atoms with E-state index in [0.717, 1.165) is 67.1 Å². The molecule has 1 aliphatic heterocycles. The van der Waals surface area contributed by atoms with Crippen molar-refractivity contribution in [3.8, 4) is 33.6 Å². The number of hydrogen-bond acceptors (Lipinski definition) is 2. The van der Waals surface area contributed by atoms with E-state index in [-0.39, 0.29) is 4.48 Å². The van der Waals surface area contributed by atoms with Gasteiger partial charge in [0.1, 0.15) is 0 Å². The fourth-order valence-corrected chi connectivity index (χ4v) is 7.07. The van der Waals surface area contributed by atoms with Gasteiger partial charge in [0, 0.05) is 46.2 Å². The first-order valence-electron chi connectivity index (χ1n) is 15.3. The number of nitrogens with zero attached hydrogens (tertiary/aromatic N) is 3. The van der Waals surface area contributed by atoms with Crippen LogP contribution in [0.2, 0.25) is 0 Å². The van der Waals surface area contributed by atoms with Gasteiger partial charge in [0.25, 0.3) is 0 Å². The summed E-state index contributed by atoms with van der Waals surface area (Å²) >= 11 is 0.